The van der Waals surface area contributed by atoms with Crippen LogP contribution in [0.4, 0.5) is 0 Å². The van der Waals surface area contributed by atoms with Gasteiger partial charge in [-0.2, -0.15) is 0 Å². The van der Waals surface area contributed by atoms with E-state index in [-0.39, 0.29) is 0 Å². The van der Waals surface area contributed by atoms with Crippen LogP contribution in [0.5, 0.6) is 0 Å². The Bertz CT molecular complexity index is 491. The van der Waals surface area contributed by atoms with E-state index in [4.69, 9.17) is 4.98 Å². The van der Waals surface area contributed by atoms with Gasteiger partial charge in [-0.15, -0.1) is 11.3 Å². The summed E-state index contributed by atoms with van der Waals surface area (Å²) in [5, 5.41) is 5.21. The van der Waals surface area contributed by atoms with E-state index < -0.39 is 0 Å². The van der Waals surface area contributed by atoms with Gasteiger partial charge in [0.05, 0.1) is 10.7 Å². The fourth-order valence-corrected chi connectivity index (χ4v) is 5.51. The molecule has 1 heterocycles. The third-order valence-electron chi connectivity index (χ3n) is 5.79. The van der Waals surface area contributed by atoms with E-state index in [1.165, 1.54) is 75.0 Å². The van der Waals surface area contributed by atoms with Crippen LogP contribution in [-0.4, -0.2) is 17.6 Å². The number of aromatic nitrogens is 1. The largest absolute Gasteiger partial charge is 0.313 e. The summed E-state index contributed by atoms with van der Waals surface area (Å²) >= 11 is 2.06. The predicted molar refractivity (Wildman–Crippen MR) is 89.2 cm³/mol. The zero-order chi connectivity index (χ0) is 14.2. The molecule has 0 spiro atoms. The Labute approximate surface area is 132 Å². The Kier molecular flexibility index (Phi) is 4.06. The smallest absolute Gasteiger partial charge is 0.0962 e. The molecule has 2 nitrogen and oxygen atoms in total. The highest BCUT2D eigenvalue weighted by Gasteiger charge is 2.31. The minimum absolute atomic E-state index is 0.697. The van der Waals surface area contributed by atoms with Crippen LogP contribution in [0.25, 0.3) is 0 Å². The molecule has 2 saturated carbocycles. The second kappa shape index (κ2) is 6.00. The van der Waals surface area contributed by atoms with Crippen LogP contribution >= 0.6 is 11.3 Å². The molecule has 1 aromatic heterocycles. The normalized spacial score (nSPS) is 32.3. The standard InChI is InChI=1S/C18H28N2S/c1-2-12-6-7-13(10-12)18-20-17-14(11-19-15-8-9-15)4-3-5-16(17)21-18/h12-15,19H,2-11H2,1H3. The van der Waals surface area contributed by atoms with Crippen molar-refractivity contribution in [3.63, 3.8) is 0 Å². The molecular formula is C18H28N2S. The van der Waals surface area contributed by atoms with Gasteiger partial charge in [0.1, 0.15) is 0 Å². The van der Waals surface area contributed by atoms with Crippen molar-refractivity contribution in [2.24, 2.45) is 5.92 Å². The first kappa shape index (κ1) is 14.2. The van der Waals surface area contributed by atoms with Gasteiger partial charge >= 0.3 is 0 Å². The lowest BCUT2D eigenvalue weighted by Gasteiger charge is -2.21. The van der Waals surface area contributed by atoms with Gasteiger partial charge < -0.3 is 5.32 Å². The molecule has 3 unspecified atom stereocenters. The second-order valence-corrected chi connectivity index (χ2v) is 8.53. The average molecular weight is 305 g/mol. The number of aryl methyl sites for hydroxylation is 1. The van der Waals surface area contributed by atoms with Gasteiger partial charge in [0.25, 0.3) is 0 Å². The van der Waals surface area contributed by atoms with E-state index in [1.807, 2.05) is 0 Å². The molecule has 0 aliphatic heterocycles. The maximum atomic E-state index is 5.16. The number of thiazole rings is 1. The van der Waals surface area contributed by atoms with Crippen LogP contribution < -0.4 is 5.32 Å². The molecular weight excluding hydrogens is 276 g/mol. The molecule has 3 aliphatic carbocycles. The van der Waals surface area contributed by atoms with Crippen molar-refractivity contribution in [1.82, 2.24) is 10.3 Å². The molecule has 3 heteroatoms. The van der Waals surface area contributed by atoms with Crippen molar-refractivity contribution in [3.05, 3.63) is 15.6 Å². The molecule has 3 aliphatic rings. The lowest BCUT2D eigenvalue weighted by atomic mass is 9.91. The summed E-state index contributed by atoms with van der Waals surface area (Å²) in [6.45, 7) is 3.52. The molecule has 0 bridgehead atoms. The number of rotatable bonds is 5. The highest BCUT2D eigenvalue weighted by atomic mass is 32.1. The second-order valence-electron chi connectivity index (χ2n) is 7.42. The Morgan fingerprint density at radius 2 is 2.10 bits per heavy atom. The highest BCUT2D eigenvalue weighted by molar-refractivity contribution is 7.11. The quantitative estimate of drug-likeness (QED) is 0.859. The maximum absolute atomic E-state index is 5.16. The van der Waals surface area contributed by atoms with E-state index in [2.05, 4.69) is 23.6 Å². The van der Waals surface area contributed by atoms with Crippen LogP contribution in [-0.2, 0) is 6.42 Å². The van der Waals surface area contributed by atoms with E-state index in [1.54, 1.807) is 4.88 Å². The van der Waals surface area contributed by atoms with Crippen LogP contribution in [0.3, 0.4) is 0 Å². The predicted octanol–water partition coefficient (Wildman–Crippen LogP) is 4.61. The highest BCUT2D eigenvalue weighted by Crippen LogP contribution is 2.44. The number of hydrogen-bond donors (Lipinski definition) is 1. The first-order valence-electron chi connectivity index (χ1n) is 9.06. The monoisotopic (exact) mass is 304 g/mol. The lowest BCUT2D eigenvalue weighted by molar-refractivity contribution is 0.497. The summed E-state index contributed by atoms with van der Waals surface area (Å²) in [4.78, 5) is 6.78. The Morgan fingerprint density at radius 1 is 1.19 bits per heavy atom. The zero-order valence-electron chi connectivity index (χ0n) is 13.2. The number of nitrogens with zero attached hydrogens (tertiary/aromatic N) is 1. The molecule has 0 amide bonds. The van der Waals surface area contributed by atoms with E-state index in [0.29, 0.717) is 5.92 Å². The molecule has 2 fully saturated rings. The first-order valence-corrected chi connectivity index (χ1v) is 9.88. The third kappa shape index (κ3) is 3.05. The molecule has 0 saturated heterocycles. The molecule has 0 aromatic carbocycles. The van der Waals surface area contributed by atoms with E-state index in [9.17, 15) is 0 Å². The maximum Gasteiger partial charge on any atom is 0.0962 e. The van der Waals surface area contributed by atoms with Gasteiger partial charge in [0.15, 0.2) is 0 Å². The summed E-state index contributed by atoms with van der Waals surface area (Å²) in [6, 6.07) is 0.827. The topological polar surface area (TPSA) is 24.9 Å². The fraction of sp³-hybridized carbons (Fsp3) is 0.833. The molecule has 116 valence electrons. The van der Waals surface area contributed by atoms with Gasteiger partial charge in [0.2, 0.25) is 0 Å². The van der Waals surface area contributed by atoms with Gasteiger partial charge in [-0.25, -0.2) is 4.98 Å². The van der Waals surface area contributed by atoms with Crippen molar-refractivity contribution < 1.29 is 0 Å². The van der Waals surface area contributed by atoms with Gasteiger partial charge in [-0.1, -0.05) is 13.3 Å². The summed E-state index contributed by atoms with van der Waals surface area (Å²) in [7, 11) is 0. The first-order chi connectivity index (χ1) is 10.3. The molecule has 4 rings (SSSR count). The molecule has 1 N–H and O–H groups in total. The summed E-state index contributed by atoms with van der Waals surface area (Å²) in [5.74, 6) is 2.44. The molecule has 3 atom stereocenters. The van der Waals surface area contributed by atoms with Crippen molar-refractivity contribution in [2.75, 3.05) is 6.54 Å². The molecule has 1 aromatic rings. The lowest BCUT2D eigenvalue weighted by Crippen LogP contribution is -2.25. The van der Waals surface area contributed by atoms with Crippen LogP contribution in [0.15, 0.2) is 0 Å². The van der Waals surface area contributed by atoms with Crippen molar-refractivity contribution in [2.45, 2.75) is 82.6 Å². The molecule has 0 radical (unpaired) electrons. The SMILES string of the molecule is CCC1CCC(c2nc3c(s2)CCCC3CNC2CC2)C1. The van der Waals surface area contributed by atoms with Gasteiger partial charge in [-0.05, 0) is 57.3 Å². The summed E-state index contributed by atoms with van der Waals surface area (Å²) < 4.78 is 0. The van der Waals surface area contributed by atoms with Crippen LogP contribution in [0, 0.1) is 5.92 Å². The number of nitrogens with one attached hydrogen (secondary N) is 1. The van der Waals surface area contributed by atoms with E-state index >= 15 is 0 Å². The van der Waals surface area contributed by atoms with Crippen molar-refractivity contribution in [3.8, 4) is 0 Å². The van der Waals surface area contributed by atoms with E-state index in [0.717, 1.165) is 17.9 Å². The average Bonchev–Trinajstić information content (AvgIpc) is 3.03. The molecule has 21 heavy (non-hydrogen) atoms. The minimum Gasteiger partial charge on any atom is -0.313 e. The number of fused-ring (bicyclic) bond motifs is 1. The summed E-state index contributed by atoms with van der Waals surface area (Å²) in [6.07, 6.45) is 12.4. The van der Waals surface area contributed by atoms with Gasteiger partial charge in [-0.3, -0.25) is 0 Å². The summed E-state index contributed by atoms with van der Waals surface area (Å²) in [5.41, 5.74) is 1.48. The fourth-order valence-electron chi connectivity index (χ4n) is 4.17. The van der Waals surface area contributed by atoms with Crippen molar-refractivity contribution >= 4 is 11.3 Å². The van der Waals surface area contributed by atoms with Crippen LogP contribution in [0.1, 0.15) is 85.7 Å². The minimum atomic E-state index is 0.697. The Balaban J connectivity index is 1.47. The Hall–Kier alpha value is -0.410. The third-order valence-corrected chi connectivity index (χ3v) is 7.08. The Morgan fingerprint density at radius 3 is 2.86 bits per heavy atom. The number of hydrogen-bond acceptors (Lipinski definition) is 3. The van der Waals surface area contributed by atoms with Gasteiger partial charge in [0, 0.05) is 29.3 Å². The van der Waals surface area contributed by atoms with Crippen molar-refractivity contribution in [1.29, 1.82) is 0 Å². The van der Waals surface area contributed by atoms with Crippen LogP contribution in [0.2, 0.25) is 0 Å². The zero-order valence-corrected chi connectivity index (χ0v) is 14.1.